The first-order valence-electron chi connectivity index (χ1n) is 10.8. The van der Waals surface area contributed by atoms with E-state index in [4.69, 9.17) is 0 Å². The van der Waals surface area contributed by atoms with Gasteiger partial charge in [0.25, 0.3) is 15.7 Å². The molecule has 2 aromatic carbocycles. The average Bonchev–Trinajstić information content (AvgIpc) is 2.74. The Balaban J connectivity index is 2.27. The van der Waals surface area contributed by atoms with Gasteiger partial charge < -0.3 is 0 Å². The standard InChI is InChI=1S/C23H32N4O4S/c1-5-6-7-8-9-10-19(4)24-25-22-14-12-20(27(28)29)16-23(22)32(30,31)26-21-13-11-17(2)15-18(21)3/h11-16,25-26H,5-10H2,1-4H3/b24-19+. The van der Waals surface area contributed by atoms with Gasteiger partial charge in [-0.1, -0.05) is 50.3 Å². The third kappa shape index (κ3) is 7.33. The summed E-state index contributed by atoms with van der Waals surface area (Å²) >= 11 is 0. The Kier molecular flexibility index (Phi) is 9.19. The van der Waals surface area contributed by atoms with Gasteiger partial charge in [-0.3, -0.25) is 20.3 Å². The largest absolute Gasteiger partial charge is 0.279 e. The van der Waals surface area contributed by atoms with Crippen LogP contribution in [-0.2, 0) is 10.0 Å². The number of hydrogen-bond acceptors (Lipinski definition) is 6. The van der Waals surface area contributed by atoms with Gasteiger partial charge in [-0.15, -0.1) is 0 Å². The zero-order valence-electron chi connectivity index (χ0n) is 19.1. The molecule has 0 unspecified atom stereocenters. The van der Waals surface area contributed by atoms with Crippen LogP contribution in [0.5, 0.6) is 0 Å². The van der Waals surface area contributed by atoms with E-state index in [0.717, 1.165) is 42.2 Å². The number of rotatable bonds is 12. The number of hydrogen-bond donors (Lipinski definition) is 2. The molecule has 0 spiro atoms. The van der Waals surface area contributed by atoms with E-state index >= 15 is 0 Å². The predicted molar refractivity (Wildman–Crippen MR) is 130 cm³/mol. The lowest BCUT2D eigenvalue weighted by molar-refractivity contribution is -0.385. The van der Waals surface area contributed by atoms with Crippen molar-refractivity contribution < 1.29 is 13.3 Å². The fraction of sp³-hybridized carbons (Fsp3) is 0.435. The number of nitro groups is 1. The molecule has 9 heteroatoms. The van der Waals surface area contributed by atoms with Crippen molar-refractivity contribution in [2.24, 2.45) is 5.10 Å². The molecule has 0 saturated carbocycles. The second-order valence-corrected chi connectivity index (χ2v) is 9.64. The van der Waals surface area contributed by atoms with E-state index in [9.17, 15) is 18.5 Å². The second-order valence-electron chi connectivity index (χ2n) is 7.98. The van der Waals surface area contributed by atoms with Crippen molar-refractivity contribution in [3.8, 4) is 0 Å². The molecule has 8 nitrogen and oxygen atoms in total. The van der Waals surface area contributed by atoms with E-state index in [2.05, 4.69) is 22.2 Å². The minimum Gasteiger partial charge on any atom is -0.279 e. The summed E-state index contributed by atoms with van der Waals surface area (Å²) in [4.78, 5) is 10.4. The molecule has 32 heavy (non-hydrogen) atoms. The Labute approximate surface area is 190 Å². The molecule has 0 radical (unpaired) electrons. The molecule has 0 aliphatic rings. The van der Waals surface area contributed by atoms with E-state index in [-0.39, 0.29) is 16.3 Å². The lowest BCUT2D eigenvalue weighted by Gasteiger charge is -2.14. The molecule has 0 atom stereocenters. The van der Waals surface area contributed by atoms with Crippen molar-refractivity contribution in [3.63, 3.8) is 0 Å². The molecule has 174 valence electrons. The number of nitro benzene ring substituents is 1. The van der Waals surface area contributed by atoms with Crippen molar-refractivity contribution in [3.05, 3.63) is 57.6 Å². The van der Waals surface area contributed by atoms with Crippen molar-refractivity contribution in [1.29, 1.82) is 0 Å². The first-order chi connectivity index (χ1) is 15.1. The van der Waals surface area contributed by atoms with Crippen LogP contribution in [0, 0.1) is 24.0 Å². The monoisotopic (exact) mass is 460 g/mol. The highest BCUT2D eigenvalue weighted by atomic mass is 32.2. The van der Waals surface area contributed by atoms with Crippen LogP contribution < -0.4 is 10.1 Å². The maximum absolute atomic E-state index is 13.1. The van der Waals surface area contributed by atoms with E-state index in [1.807, 2.05) is 19.9 Å². The molecule has 0 saturated heterocycles. The number of aryl methyl sites for hydroxylation is 2. The number of benzene rings is 2. The normalized spacial score (nSPS) is 11.9. The topological polar surface area (TPSA) is 114 Å². The summed E-state index contributed by atoms with van der Waals surface area (Å²) < 4.78 is 28.8. The molecule has 2 rings (SSSR count). The van der Waals surface area contributed by atoms with E-state index in [1.54, 1.807) is 19.1 Å². The van der Waals surface area contributed by atoms with E-state index < -0.39 is 14.9 Å². The number of non-ortho nitro benzene ring substituents is 1. The Hall–Kier alpha value is -2.94. The maximum Gasteiger partial charge on any atom is 0.270 e. The molecule has 0 bridgehead atoms. The van der Waals surface area contributed by atoms with Crippen molar-refractivity contribution in [2.75, 3.05) is 10.1 Å². The van der Waals surface area contributed by atoms with Gasteiger partial charge in [0, 0.05) is 17.8 Å². The van der Waals surface area contributed by atoms with Gasteiger partial charge in [-0.05, 0) is 51.3 Å². The number of unbranched alkanes of at least 4 members (excludes halogenated alkanes) is 4. The first kappa shape index (κ1) is 25.3. The molecule has 0 heterocycles. The summed E-state index contributed by atoms with van der Waals surface area (Å²) in [6.07, 6.45) is 6.51. The molecule has 0 aliphatic heterocycles. The van der Waals surface area contributed by atoms with Crippen LogP contribution in [0.1, 0.15) is 63.5 Å². The van der Waals surface area contributed by atoms with Crippen molar-refractivity contribution >= 4 is 32.8 Å². The minimum atomic E-state index is -4.10. The highest BCUT2D eigenvalue weighted by molar-refractivity contribution is 7.92. The first-order valence-corrected chi connectivity index (χ1v) is 12.3. The Morgan fingerprint density at radius 1 is 1.03 bits per heavy atom. The van der Waals surface area contributed by atoms with E-state index in [0.29, 0.717) is 5.69 Å². The van der Waals surface area contributed by atoms with Crippen molar-refractivity contribution in [2.45, 2.75) is 71.1 Å². The van der Waals surface area contributed by atoms with Crippen LogP contribution >= 0.6 is 0 Å². The predicted octanol–water partition coefficient (Wildman–Crippen LogP) is 6.16. The average molecular weight is 461 g/mol. The summed E-state index contributed by atoms with van der Waals surface area (Å²) in [6, 6.07) is 9.00. The highest BCUT2D eigenvalue weighted by Gasteiger charge is 2.23. The number of sulfonamides is 1. The smallest absolute Gasteiger partial charge is 0.270 e. The highest BCUT2D eigenvalue weighted by Crippen LogP contribution is 2.29. The van der Waals surface area contributed by atoms with Gasteiger partial charge in [0.15, 0.2) is 0 Å². The summed E-state index contributed by atoms with van der Waals surface area (Å²) in [5, 5.41) is 15.5. The van der Waals surface area contributed by atoms with Crippen LogP contribution in [0.25, 0.3) is 0 Å². The molecule has 0 aromatic heterocycles. The van der Waals surface area contributed by atoms with Gasteiger partial charge >= 0.3 is 0 Å². The van der Waals surface area contributed by atoms with Gasteiger partial charge in [-0.25, -0.2) is 8.42 Å². The van der Waals surface area contributed by atoms with Crippen LogP contribution in [-0.4, -0.2) is 19.1 Å². The van der Waals surface area contributed by atoms with Gasteiger partial charge in [0.05, 0.1) is 16.3 Å². The molecular formula is C23H32N4O4S. The van der Waals surface area contributed by atoms with Gasteiger partial charge in [-0.2, -0.15) is 5.10 Å². The molecule has 0 amide bonds. The third-order valence-corrected chi connectivity index (χ3v) is 6.51. The van der Waals surface area contributed by atoms with Gasteiger partial charge in [0.1, 0.15) is 4.90 Å². The van der Waals surface area contributed by atoms with Crippen molar-refractivity contribution in [1.82, 2.24) is 0 Å². The Bertz CT molecular complexity index is 1080. The molecule has 0 fully saturated rings. The number of nitrogens with one attached hydrogen (secondary N) is 2. The summed E-state index contributed by atoms with van der Waals surface area (Å²) in [5.74, 6) is 0. The lowest BCUT2D eigenvalue weighted by atomic mass is 10.1. The molecule has 2 N–H and O–H groups in total. The summed E-state index contributed by atoms with van der Waals surface area (Å²) in [6.45, 7) is 7.76. The van der Waals surface area contributed by atoms with Gasteiger partial charge in [0.2, 0.25) is 0 Å². The van der Waals surface area contributed by atoms with Crippen LogP contribution in [0.15, 0.2) is 46.4 Å². The fourth-order valence-electron chi connectivity index (χ4n) is 3.26. The van der Waals surface area contributed by atoms with Crippen LogP contribution in [0.4, 0.5) is 17.1 Å². The number of hydrazone groups is 1. The fourth-order valence-corrected chi connectivity index (χ4v) is 4.57. The zero-order valence-corrected chi connectivity index (χ0v) is 20.0. The SMILES string of the molecule is CCCCCCC/C(C)=N/Nc1ccc([N+](=O)[O-])cc1S(=O)(=O)Nc1ccc(C)cc1C. The maximum atomic E-state index is 13.1. The number of anilines is 2. The second kappa shape index (κ2) is 11.6. The minimum absolute atomic E-state index is 0.179. The molecule has 0 aliphatic carbocycles. The van der Waals surface area contributed by atoms with E-state index in [1.165, 1.54) is 31.4 Å². The quantitative estimate of drug-likeness (QED) is 0.170. The number of nitrogens with zero attached hydrogens (tertiary/aromatic N) is 2. The summed E-state index contributed by atoms with van der Waals surface area (Å²) in [5.41, 5.74) is 5.67. The lowest BCUT2D eigenvalue weighted by Crippen LogP contribution is -2.16. The molecular weight excluding hydrogens is 428 g/mol. The van der Waals surface area contributed by atoms with Crippen LogP contribution in [0.3, 0.4) is 0 Å². The Morgan fingerprint density at radius 3 is 2.38 bits per heavy atom. The third-order valence-electron chi connectivity index (χ3n) is 5.10. The molecule has 2 aromatic rings. The zero-order chi connectivity index (χ0) is 23.7. The Morgan fingerprint density at radius 2 is 1.72 bits per heavy atom. The summed E-state index contributed by atoms with van der Waals surface area (Å²) in [7, 11) is -4.10. The van der Waals surface area contributed by atoms with Crippen LogP contribution in [0.2, 0.25) is 0 Å².